The first-order valence-electron chi connectivity index (χ1n) is 5.16. The molecular formula is C11H7BrCl2F2N4. The van der Waals surface area contributed by atoms with Gasteiger partial charge in [-0.3, -0.25) is 0 Å². The summed E-state index contributed by atoms with van der Waals surface area (Å²) in [6.45, 7) is 0. The summed E-state index contributed by atoms with van der Waals surface area (Å²) < 4.78 is 27.1. The lowest BCUT2D eigenvalue weighted by Gasteiger charge is -2.11. The summed E-state index contributed by atoms with van der Waals surface area (Å²) in [7, 11) is 0. The summed E-state index contributed by atoms with van der Waals surface area (Å²) in [5, 5.41) is 2.91. The van der Waals surface area contributed by atoms with Crippen LogP contribution < -0.4 is 16.6 Å². The second-order valence-electron chi connectivity index (χ2n) is 3.66. The van der Waals surface area contributed by atoms with Crippen molar-refractivity contribution in [2.24, 2.45) is 5.84 Å². The van der Waals surface area contributed by atoms with Crippen LogP contribution >= 0.6 is 39.1 Å². The van der Waals surface area contributed by atoms with E-state index in [2.05, 4.69) is 31.7 Å². The molecule has 0 radical (unpaired) electrons. The van der Waals surface area contributed by atoms with E-state index >= 15 is 0 Å². The van der Waals surface area contributed by atoms with Gasteiger partial charge in [0.2, 0.25) is 0 Å². The van der Waals surface area contributed by atoms with Crippen LogP contribution in [-0.2, 0) is 0 Å². The number of hydrogen-bond donors (Lipinski definition) is 3. The van der Waals surface area contributed by atoms with Crippen molar-refractivity contribution in [2.75, 3.05) is 10.7 Å². The predicted octanol–water partition coefficient (Wildman–Crippen LogP) is 4.46. The zero-order valence-electron chi connectivity index (χ0n) is 9.65. The summed E-state index contributed by atoms with van der Waals surface area (Å²) in [5.74, 6) is 4.16. The Morgan fingerprint density at radius 2 is 1.70 bits per heavy atom. The maximum absolute atomic E-state index is 13.7. The minimum Gasteiger partial charge on any atom is -0.336 e. The highest BCUT2D eigenvalue weighted by Gasteiger charge is 2.13. The largest absolute Gasteiger partial charge is 0.336 e. The highest BCUT2D eigenvalue weighted by atomic mass is 79.9. The summed E-state index contributed by atoms with van der Waals surface area (Å²) in [4.78, 5) is 3.97. The number of halogens is 5. The Kier molecular flexibility index (Phi) is 4.64. The van der Waals surface area contributed by atoms with E-state index in [0.717, 1.165) is 12.1 Å². The van der Waals surface area contributed by atoms with Gasteiger partial charge in [0.25, 0.3) is 0 Å². The van der Waals surface area contributed by atoms with Crippen LogP contribution in [0.4, 0.5) is 26.1 Å². The molecule has 4 nitrogen and oxygen atoms in total. The van der Waals surface area contributed by atoms with Crippen molar-refractivity contribution in [3.8, 4) is 0 Å². The molecule has 106 valence electrons. The monoisotopic (exact) mass is 382 g/mol. The van der Waals surface area contributed by atoms with E-state index in [4.69, 9.17) is 29.0 Å². The number of pyridine rings is 1. The second-order valence-corrected chi connectivity index (χ2v) is 5.33. The van der Waals surface area contributed by atoms with Crippen molar-refractivity contribution < 1.29 is 8.78 Å². The molecule has 1 heterocycles. The zero-order chi connectivity index (χ0) is 14.9. The van der Waals surface area contributed by atoms with Gasteiger partial charge in [0.05, 0.1) is 20.2 Å². The van der Waals surface area contributed by atoms with E-state index in [9.17, 15) is 8.78 Å². The summed E-state index contributed by atoms with van der Waals surface area (Å²) in [6.07, 6.45) is 0. The molecule has 0 amide bonds. The fraction of sp³-hybridized carbons (Fsp3) is 0. The number of hydrogen-bond acceptors (Lipinski definition) is 4. The minimum atomic E-state index is -0.673. The first-order valence-corrected chi connectivity index (χ1v) is 6.71. The van der Waals surface area contributed by atoms with Crippen LogP contribution in [0, 0.1) is 11.6 Å². The van der Waals surface area contributed by atoms with E-state index in [-0.39, 0.29) is 31.8 Å². The van der Waals surface area contributed by atoms with Gasteiger partial charge in [-0.05, 0) is 28.1 Å². The highest BCUT2D eigenvalue weighted by molar-refractivity contribution is 9.10. The quantitative estimate of drug-likeness (QED) is 0.416. The fourth-order valence-electron chi connectivity index (χ4n) is 1.40. The van der Waals surface area contributed by atoms with Gasteiger partial charge in [0, 0.05) is 6.07 Å². The molecule has 0 saturated heterocycles. The van der Waals surface area contributed by atoms with Crippen LogP contribution in [0.15, 0.2) is 22.7 Å². The molecule has 2 aromatic rings. The lowest BCUT2D eigenvalue weighted by atomic mass is 10.3. The Balaban J connectivity index is 2.42. The van der Waals surface area contributed by atoms with Crippen LogP contribution in [0.2, 0.25) is 10.0 Å². The second kappa shape index (κ2) is 6.09. The molecule has 1 aromatic carbocycles. The summed E-state index contributed by atoms with van der Waals surface area (Å²) in [6, 6.07) is 3.34. The maximum Gasteiger partial charge on any atom is 0.161 e. The summed E-state index contributed by atoms with van der Waals surface area (Å²) >= 11 is 14.6. The van der Waals surface area contributed by atoms with E-state index < -0.39 is 11.6 Å². The number of benzene rings is 1. The van der Waals surface area contributed by atoms with Gasteiger partial charge >= 0.3 is 0 Å². The highest BCUT2D eigenvalue weighted by Crippen LogP contribution is 2.32. The van der Waals surface area contributed by atoms with Crippen LogP contribution in [-0.4, -0.2) is 4.98 Å². The first-order chi connectivity index (χ1) is 9.42. The van der Waals surface area contributed by atoms with E-state index in [1.165, 1.54) is 6.07 Å². The van der Waals surface area contributed by atoms with Gasteiger partial charge in [0.1, 0.15) is 11.6 Å². The van der Waals surface area contributed by atoms with Crippen molar-refractivity contribution >= 4 is 56.5 Å². The lowest BCUT2D eigenvalue weighted by Crippen LogP contribution is -2.10. The number of nitrogen functional groups attached to an aromatic ring is 1. The molecule has 0 aliphatic carbocycles. The zero-order valence-corrected chi connectivity index (χ0v) is 12.7. The average Bonchev–Trinajstić information content (AvgIpc) is 2.38. The number of anilines is 3. The Morgan fingerprint density at radius 3 is 2.35 bits per heavy atom. The molecule has 20 heavy (non-hydrogen) atoms. The van der Waals surface area contributed by atoms with Crippen molar-refractivity contribution in [1.82, 2.24) is 4.98 Å². The van der Waals surface area contributed by atoms with Gasteiger partial charge in [0.15, 0.2) is 11.6 Å². The Hall–Kier alpha value is -1.15. The Bertz CT molecular complexity index is 669. The number of nitrogens with two attached hydrogens (primary N) is 1. The molecule has 2 rings (SSSR count). The predicted molar refractivity (Wildman–Crippen MR) is 79.4 cm³/mol. The van der Waals surface area contributed by atoms with E-state index in [0.29, 0.717) is 0 Å². The smallest absolute Gasteiger partial charge is 0.161 e. The van der Waals surface area contributed by atoms with Crippen LogP contribution in [0.1, 0.15) is 0 Å². The molecular weight excluding hydrogens is 377 g/mol. The SMILES string of the molecule is NNc1nc(Nc2cc(F)c(Br)cc2F)c(Cl)cc1Cl. The lowest BCUT2D eigenvalue weighted by molar-refractivity contribution is 0.598. The Morgan fingerprint density at radius 1 is 1.05 bits per heavy atom. The number of hydrazine groups is 1. The van der Waals surface area contributed by atoms with Crippen LogP contribution in [0.25, 0.3) is 0 Å². The Labute approximate surface area is 131 Å². The molecule has 0 aliphatic heterocycles. The number of nitrogens with one attached hydrogen (secondary N) is 2. The third-order valence-electron chi connectivity index (χ3n) is 2.33. The summed E-state index contributed by atoms with van der Waals surface area (Å²) in [5.41, 5.74) is 2.15. The normalized spacial score (nSPS) is 10.5. The topological polar surface area (TPSA) is 63.0 Å². The molecule has 0 atom stereocenters. The van der Waals surface area contributed by atoms with Gasteiger partial charge in [-0.15, -0.1) is 0 Å². The number of aromatic nitrogens is 1. The molecule has 0 aliphatic rings. The number of rotatable bonds is 3. The van der Waals surface area contributed by atoms with Gasteiger partial charge in [-0.25, -0.2) is 19.6 Å². The van der Waals surface area contributed by atoms with Crippen molar-refractivity contribution in [1.29, 1.82) is 0 Å². The third-order valence-corrected chi connectivity index (χ3v) is 3.51. The molecule has 0 saturated carbocycles. The first kappa shape index (κ1) is 15.2. The van der Waals surface area contributed by atoms with Crippen LogP contribution in [0.5, 0.6) is 0 Å². The molecule has 1 aromatic heterocycles. The van der Waals surface area contributed by atoms with Crippen molar-refractivity contribution in [3.05, 3.63) is 44.4 Å². The van der Waals surface area contributed by atoms with Crippen molar-refractivity contribution in [3.63, 3.8) is 0 Å². The minimum absolute atomic E-state index is 0.0139. The van der Waals surface area contributed by atoms with E-state index in [1.807, 2.05) is 0 Å². The molecule has 0 spiro atoms. The van der Waals surface area contributed by atoms with Gasteiger partial charge in [-0.1, -0.05) is 23.2 Å². The third kappa shape index (κ3) is 3.12. The molecule has 0 unspecified atom stereocenters. The molecule has 4 N–H and O–H groups in total. The standard InChI is InChI=1S/C11H7BrCl2F2N4/c12-4-1-8(16)9(3-7(4)15)18-10-5(13)2-6(14)11(19-10)20-17/h1-3H,17H2,(H2,18,19,20). The molecule has 0 fully saturated rings. The number of nitrogens with zero attached hydrogens (tertiary/aromatic N) is 1. The molecule has 9 heteroatoms. The fourth-order valence-corrected chi connectivity index (χ4v) is 2.18. The maximum atomic E-state index is 13.7. The van der Waals surface area contributed by atoms with Gasteiger partial charge in [-0.2, -0.15) is 0 Å². The van der Waals surface area contributed by atoms with Gasteiger partial charge < -0.3 is 10.7 Å². The average molecular weight is 384 g/mol. The van der Waals surface area contributed by atoms with E-state index in [1.54, 1.807) is 0 Å². The van der Waals surface area contributed by atoms with Crippen LogP contribution in [0.3, 0.4) is 0 Å². The van der Waals surface area contributed by atoms with Crippen molar-refractivity contribution in [2.45, 2.75) is 0 Å². The molecule has 0 bridgehead atoms.